The highest BCUT2D eigenvalue weighted by Gasteiger charge is 2.33. The molecule has 0 aromatic heterocycles. The fraction of sp³-hybridized carbons (Fsp3) is 0.300. The Kier molecular flexibility index (Phi) is 5.21. The van der Waals surface area contributed by atoms with Gasteiger partial charge < -0.3 is 14.4 Å². The normalized spacial score (nSPS) is 15.8. The molecule has 0 saturated carbocycles. The van der Waals surface area contributed by atoms with E-state index >= 15 is 0 Å². The number of cyclic esters (lactones) is 1. The zero-order valence-electron chi connectivity index (χ0n) is 14.7. The number of nitrogens with zero attached hydrogens (tertiary/aromatic N) is 1. The molecule has 1 unspecified atom stereocenters. The van der Waals surface area contributed by atoms with Gasteiger partial charge in [0.25, 0.3) is 5.91 Å². The van der Waals surface area contributed by atoms with Crippen molar-refractivity contribution in [2.24, 2.45) is 0 Å². The third-order valence-electron chi connectivity index (χ3n) is 4.45. The van der Waals surface area contributed by atoms with Crippen molar-refractivity contribution < 1.29 is 23.5 Å². The van der Waals surface area contributed by atoms with E-state index in [9.17, 15) is 14.0 Å². The lowest BCUT2D eigenvalue weighted by molar-refractivity contribution is -0.141. The maximum Gasteiger partial charge on any atom is 0.339 e. The number of likely N-dealkylation sites (N-methyl/N-ethyl adjacent to an activating group) is 1. The van der Waals surface area contributed by atoms with Crippen LogP contribution in [0.25, 0.3) is 0 Å². The van der Waals surface area contributed by atoms with E-state index in [-0.39, 0.29) is 18.2 Å². The first-order valence-corrected chi connectivity index (χ1v) is 8.43. The Morgan fingerprint density at radius 3 is 2.77 bits per heavy atom. The largest absolute Gasteiger partial charge is 0.494 e. The van der Waals surface area contributed by atoms with Gasteiger partial charge in [-0.2, -0.15) is 0 Å². The van der Waals surface area contributed by atoms with E-state index in [2.05, 4.69) is 0 Å². The molecule has 2 aromatic carbocycles. The first kappa shape index (κ1) is 17.9. The number of rotatable bonds is 5. The molecule has 1 amide bonds. The van der Waals surface area contributed by atoms with Crippen LogP contribution in [0.3, 0.4) is 0 Å². The smallest absolute Gasteiger partial charge is 0.339 e. The summed E-state index contributed by atoms with van der Waals surface area (Å²) in [6.45, 7) is 2.48. The van der Waals surface area contributed by atoms with Gasteiger partial charge in [-0.3, -0.25) is 4.79 Å². The summed E-state index contributed by atoms with van der Waals surface area (Å²) < 4.78 is 24.1. The van der Waals surface area contributed by atoms with Gasteiger partial charge in [-0.15, -0.1) is 0 Å². The van der Waals surface area contributed by atoms with Gasteiger partial charge >= 0.3 is 5.97 Å². The van der Waals surface area contributed by atoms with Gasteiger partial charge in [-0.25, -0.2) is 9.18 Å². The number of methoxy groups -OCH3 is 1. The molecule has 0 aliphatic carbocycles. The number of carbonyl (C=O) groups is 2. The van der Waals surface area contributed by atoms with Crippen molar-refractivity contribution in [2.45, 2.75) is 26.0 Å². The Morgan fingerprint density at radius 2 is 2.08 bits per heavy atom. The Balaban J connectivity index is 1.75. The van der Waals surface area contributed by atoms with E-state index in [4.69, 9.17) is 9.47 Å². The minimum atomic E-state index is -0.861. The lowest BCUT2D eigenvalue weighted by Crippen LogP contribution is -2.44. The van der Waals surface area contributed by atoms with Crippen LogP contribution in [-0.2, 0) is 22.5 Å². The first-order valence-electron chi connectivity index (χ1n) is 8.43. The van der Waals surface area contributed by atoms with Crippen LogP contribution < -0.4 is 4.74 Å². The van der Waals surface area contributed by atoms with E-state index in [0.717, 1.165) is 5.56 Å². The number of ether oxygens (including phenoxy) is 2. The summed E-state index contributed by atoms with van der Waals surface area (Å²) in [5, 5.41) is 0. The molecule has 6 heteroatoms. The van der Waals surface area contributed by atoms with Gasteiger partial charge in [0.05, 0.1) is 12.7 Å². The molecule has 2 aromatic rings. The number of hydrogen-bond acceptors (Lipinski definition) is 4. The molecule has 0 bridgehead atoms. The van der Waals surface area contributed by atoms with Crippen LogP contribution in [0, 0.1) is 5.82 Å². The molecular formula is C20H20FNO4. The Morgan fingerprint density at radius 1 is 1.31 bits per heavy atom. The van der Waals surface area contributed by atoms with Gasteiger partial charge in [0.2, 0.25) is 0 Å². The monoisotopic (exact) mass is 357 g/mol. The molecule has 1 aliphatic rings. The molecule has 136 valence electrons. The van der Waals surface area contributed by atoms with Crippen molar-refractivity contribution in [1.29, 1.82) is 0 Å². The number of fused-ring (bicyclic) bond motifs is 1. The highest BCUT2D eigenvalue weighted by atomic mass is 19.1. The Hall–Kier alpha value is -2.89. The second-order valence-corrected chi connectivity index (χ2v) is 6.08. The van der Waals surface area contributed by atoms with Crippen molar-refractivity contribution in [3.8, 4) is 5.75 Å². The third-order valence-corrected chi connectivity index (χ3v) is 4.45. The Bertz CT molecular complexity index is 836. The average Bonchev–Trinajstić information content (AvgIpc) is 2.65. The summed E-state index contributed by atoms with van der Waals surface area (Å²) in [5.74, 6) is -1.10. The van der Waals surface area contributed by atoms with E-state index < -0.39 is 17.9 Å². The summed E-state index contributed by atoms with van der Waals surface area (Å²) >= 11 is 0. The van der Waals surface area contributed by atoms with Crippen molar-refractivity contribution in [1.82, 2.24) is 4.90 Å². The number of carbonyl (C=O) groups excluding carboxylic acids is 2. The number of hydrogen-bond donors (Lipinski definition) is 0. The summed E-state index contributed by atoms with van der Waals surface area (Å²) in [4.78, 5) is 26.5. The molecule has 1 aliphatic heterocycles. The number of amides is 1. The summed E-state index contributed by atoms with van der Waals surface area (Å²) in [6, 6.07) is 11.7. The summed E-state index contributed by atoms with van der Waals surface area (Å²) in [7, 11) is 1.40. The zero-order chi connectivity index (χ0) is 18.7. The van der Waals surface area contributed by atoms with Crippen molar-refractivity contribution in [3.63, 3.8) is 0 Å². The van der Waals surface area contributed by atoms with Gasteiger partial charge in [0, 0.05) is 19.5 Å². The second-order valence-electron chi connectivity index (χ2n) is 6.08. The first-order chi connectivity index (χ1) is 12.5. The van der Waals surface area contributed by atoms with Crippen LogP contribution >= 0.6 is 0 Å². The standard InChI is InChI=1S/C20H20FNO4/c1-3-22(12-13-8-9-17(25-2)16(21)10-13)19(23)18-11-14-6-4-5-7-15(14)20(24)26-18/h4-10,18H,3,11-12H2,1-2H3. The van der Waals surface area contributed by atoms with Crippen molar-refractivity contribution in [2.75, 3.05) is 13.7 Å². The highest BCUT2D eigenvalue weighted by Crippen LogP contribution is 2.23. The maximum absolute atomic E-state index is 13.9. The number of benzene rings is 2. The fourth-order valence-electron chi connectivity index (χ4n) is 3.05. The van der Waals surface area contributed by atoms with Crippen molar-refractivity contribution >= 4 is 11.9 Å². The minimum Gasteiger partial charge on any atom is -0.494 e. The third kappa shape index (κ3) is 3.54. The maximum atomic E-state index is 13.9. The summed E-state index contributed by atoms with van der Waals surface area (Å²) in [5.41, 5.74) is 1.94. The predicted octanol–water partition coefficient (Wildman–Crippen LogP) is 2.96. The van der Waals surface area contributed by atoms with Gasteiger partial charge in [-0.1, -0.05) is 24.3 Å². The lowest BCUT2D eigenvalue weighted by atomic mass is 9.98. The molecule has 0 spiro atoms. The molecule has 0 saturated heterocycles. The average molecular weight is 357 g/mol. The van der Waals surface area contributed by atoms with Gasteiger partial charge in [0.15, 0.2) is 17.7 Å². The van der Waals surface area contributed by atoms with E-state index in [1.54, 1.807) is 23.1 Å². The molecule has 3 rings (SSSR count). The van der Waals surface area contributed by atoms with E-state index in [1.165, 1.54) is 19.2 Å². The van der Waals surface area contributed by atoms with E-state index in [0.29, 0.717) is 24.1 Å². The molecule has 1 atom stereocenters. The van der Waals surface area contributed by atoms with Crippen LogP contribution in [0.2, 0.25) is 0 Å². The molecule has 26 heavy (non-hydrogen) atoms. The predicted molar refractivity (Wildman–Crippen MR) is 93.4 cm³/mol. The van der Waals surface area contributed by atoms with E-state index in [1.807, 2.05) is 19.1 Å². The number of halogens is 1. The molecular weight excluding hydrogens is 337 g/mol. The highest BCUT2D eigenvalue weighted by molar-refractivity contribution is 5.95. The Labute approximate surface area is 151 Å². The topological polar surface area (TPSA) is 55.8 Å². The molecule has 0 fully saturated rings. The second kappa shape index (κ2) is 7.56. The molecule has 5 nitrogen and oxygen atoms in total. The minimum absolute atomic E-state index is 0.154. The van der Waals surface area contributed by atoms with Crippen molar-refractivity contribution in [3.05, 3.63) is 65.0 Å². The van der Waals surface area contributed by atoms with Gasteiger partial charge in [0.1, 0.15) is 0 Å². The molecule has 0 N–H and O–H groups in total. The van der Waals surface area contributed by atoms with Crippen LogP contribution in [0.5, 0.6) is 5.75 Å². The van der Waals surface area contributed by atoms with Crippen LogP contribution in [-0.4, -0.2) is 36.5 Å². The van der Waals surface area contributed by atoms with Gasteiger partial charge in [-0.05, 0) is 36.2 Å². The van der Waals surface area contributed by atoms with Crippen LogP contribution in [0.4, 0.5) is 4.39 Å². The lowest BCUT2D eigenvalue weighted by Gasteiger charge is -2.29. The zero-order valence-corrected chi connectivity index (χ0v) is 14.7. The number of esters is 1. The molecule has 1 heterocycles. The quantitative estimate of drug-likeness (QED) is 0.772. The van der Waals surface area contributed by atoms with Crippen LogP contribution in [0.1, 0.15) is 28.4 Å². The SMILES string of the molecule is CCN(Cc1ccc(OC)c(F)c1)C(=O)C1Cc2ccccc2C(=O)O1. The molecule has 0 radical (unpaired) electrons. The summed E-state index contributed by atoms with van der Waals surface area (Å²) in [6.07, 6.45) is -0.519. The fourth-order valence-corrected chi connectivity index (χ4v) is 3.05. The van der Waals surface area contributed by atoms with Crippen LogP contribution in [0.15, 0.2) is 42.5 Å².